The van der Waals surface area contributed by atoms with Gasteiger partial charge in [0.1, 0.15) is 5.82 Å². The van der Waals surface area contributed by atoms with E-state index in [2.05, 4.69) is 29.8 Å². The van der Waals surface area contributed by atoms with E-state index in [4.69, 9.17) is 0 Å². The summed E-state index contributed by atoms with van der Waals surface area (Å²) in [6.45, 7) is 4.66. The highest BCUT2D eigenvalue weighted by molar-refractivity contribution is 9.10. The summed E-state index contributed by atoms with van der Waals surface area (Å²) < 4.78 is 15.1. The topological polar surface area (TPSA) is 43.8 Å². The summed E-state index contributed by atoms with van der Waals surface area (Å²) in [5.74, 6) is 0.0166. The molecule has 1 aliphatic rings. The Balaban J connectivity index is 2.20. The average Bonchev–Trinajstić information content (AvgIpc) is 2.56. The molecule has 1 saturated carbocycles. The Labute approximate surface area is 158 Å². The minimum Gasteiger partial charge on any atom is -0.393 e. The fourth-order valence-electron chi connectivity index (χ4n) is 3.20. The lowest BCUT2D eigenvalue weighted by molar-refractivity contribution is 0.0930. The van der Waals surface area contributed by atoms with Crippen molar-refractivity contribution < 1.29 is 14.3 Å². The van der Waals surface area contributed by atoms with Gasteiger partial charge in [0.15, 0.2) is 0 Å². The molecule has 1 aliphatic carbocycles. The number of hydrogen-bond donors (Lipinski definition) is 1. The van der Waals surface area contributed by atoms with Crippen LogP contribution in [0.3, 0.4) is 0 Å². The van der Waals surface area contributed by atoms with E-state index < -0.39 is 5.82 Å². The van der Waals surface area contributed by atoms with Crippen molar-refractivity contribution in [3.05, 3.63) is 28.5 Å². The maximum atomic E-state index is 14.5. The lowest BCUT2D eigenvalue weighted by Crippen LogP contribution is -2.48. The standard InChI is InChI=1S/C19H28BrFN2O2/c1-13(2)10-11-23(18-9-4-14(20)12-17(18)21)19(25)22(3)15-5-7-16(24)8-6-15/h4,9,12-13,15-16,24H,5-8,10-11H2,1-3H3. The summed E-state index contributed by atoms with van der Waals surface area (Å²) >= 11 is 3.26. The second-order valence-corrected chi connectivity index (χ2v) is 8.20. The molecule has 1 N–H and O–H groups in total. The van der Waals surface area contributed by atoms with Crippen molar-refractivity contribution in [3.63, 3.8) is 0 Å². The van der Waals surface area contributed by atoms with Crippen molar-refractivity contribution in [1.29, 1.82) is 0 Å². The van der Waals surface area contributed by atoms with E-state index in [0.717, 1.165) is 19.3 Å². The molecule has 0 spiro atoms. The van der Waals surface area contributed by atoms with Gasteiger partial charge < -0.3 is 10.0 Å². The SMILES string of the molecule is CC(C)CCN(C(=O)N(C)C1CCC(O)CC1)c1ccc(Br)cc1F. The molecule has 2 amide bonds. The number of anilines is 1. The van der Waals surface area contributed by atoms with E-state index >= 15 is 0 Å². The second-order valence-electron chi connectivity index (χ2n) is 7.29. The van der Waals surface area contributed by atoms with Gasteiger partial charge in [-0.1, -0.05) is 29.8 Å². The van der Waals surface area contributed by atoms with Crippen LogP contribution in [-0.4, -0.2) is 41.8 Å². The Morgan fingerprint density at radius 1 is 1.32 bits per heavy atom. The highest BCUT2D eigenvalue weighted by Gasteiger charge is 2.30. The number of benzene rings is 1. The number of hydrogen-bond acceptors (Lipinski definition) is 2. The molecule has 0 atom stereocenters. The van der Waals surface area contributed by atoms with Crippen LogP contribution in [-0.2, 0) is 0 Å². The number of aliphatic hydroxyl groups excluding tert-OH is 1. The Kier molecular flexibility index (Phi) is 7.25. The zero-order chi connectivity index (χ0) is 18.6. The molecule has 0 aliphatic heterocycles. The Hall–Kier alpha value is -1.14. The third-order valence-electron chi connectivity index (χ3n) is 4.88. The highest BCUT2D eigenvalue weighted by atomic mass is 79.9. The maximum absolute atomic E-state index is 14.5. The molecule has 6 heteroatoms. The normalized spacial score (nSPS) is 20.6. The number of carbonyl (C=O) groups is 1. The van der Waals surface area contributed by atoms with Crippen molar-refractivity contribution in [1.82, 2.24) is 4.90 Å². The molecule has 140 valence electrons. The lowest BCUT2D eigenvalue weighted by Gasteiger charge is -2.36. The van der Waals surface area contributed by atoms with Gasteiger partial charge in [-0.2, -0.15) is 0 Å². The molecule has 1 fully saturated rings. The van der Waals surface area contributed by atoms with Gasteiger partial charge in [-0.05, 0) is 56.2 Å². The predicted molar refractivity (Wildman–Crippen MR) is 102 cm³/mol. The smallest absolute Gasteiger partial charge is 0.324 e. The van der Waals surface area contributed by atoms with Gasteiger partial charge in [0.25, 0.3) is 0 Å². The number of urea groups is 1. The monoisotopic (exact) mass is 414 g/mol. The number of halogens is 2. The fraction of sp³-hybridized carbons (Fsp3) is 0.632. The van der Waals surface area contributed by atoms with E-state index in [1.807, 2.05) is 0 Å². The molecule has 0 saturated heterocycles. The first-order chi connectivity index (χ1) is 11.8. The van der Waals surface area contributed by atoms with Gasteiger partial charge in [-0.15, -0.1) is 0 Å². The molecular weight excluding hydrogens is 387 g/mol. The van der Waals surface area contributed by atoms with Crippen molar-refractivity contribution >= 4 is 27.6 Å². The van der Waals surface area contributed by atoms with E-state index in [0.29, 0.717) is 35.5 Å². The van der Waals surface area contributed by atoms with E-state index in [1.54, 1.807) is 29.0 Å². The van der Waals surface area contributed by atoms with Crippen molar-refractivity contribution in [2.45, 2.75) is 58.1 Å². The molecule has 2 rings (SSSR count). The first kappa shape index (κ1) is 20.2. The van der Waals surface area contributed by atoms with Gasteiger partial charge in [0, 0.05) is 24.1 Å². The highest BCUT2D eigenvalue weighted by Crippen LogP contribution is 2.28. The molecule has 0 heterocycles. The number of aliphatic hydroxyl groups is 1. The second kappa shape index (κ2) is 8.99. The van der Waals surface area contributed by atoms with Crippen molar-refractivity contribution in [3.8, 4) is 0 Å². The minimum atomic E-state index is -0.404. The molecule has 0 aromatic heterocycles. The van der Waals surface area contributed by atoms with Crippen LogP contribution in [0.2, 0.25) is 0 Å². The third kappa shape index (κ3) is 5.42. The fourth-order valence-corrected chi connectivity index (χ4v) is 3.53. The number of amides is 2. The zero-order valence-corrected chi connectivity index (χ0v) is 16.8. The van der Waals surface area contributed by atoms with E-state index in [1.165, 1.54) is 6.07 Å². The lowest BCUT2D eigenvalue weighted by atomic mass is 9.92. The predicted octanol–water partition coefficient (Wildman–Crippen LogP) is 4.80. The first-order valence-corrected chi connectivity index (χ1v) is 9.76. The summed E-state index contributed by atoms with van der Waals surface area (Å²) in [5, 5.41) is 9.67. The molecule has 1 aromatic rings. The van der Waals surface area contributed by atoms with Crippen molar-refractivity contribution in [2.75, 3.05) is 18.5 Å². The average molecular weight is 415 g/mol. The zero-order valence-electron chi connectivity index (χ0n) is 15.2. The van der Waals surface area contributed by atoms with E-state index in [-0.39, 0.29) is 18.2 Å². The number of nitrogens with zero attached hydrogens (tertiary/aromatic N) is 2. The molecule has 1 aromatic carbocycles. The summed E-state index contributed by atoms with van der Waals surface area (Å²) in [6, 6.07) is 4.71. The van der Waals surface area contributed by atoms with Crippen LogP contribution in [0.4, 0.5) is 14.9 Å². The Morgan fingerprint density at radius 2 is 1.96 bits per heavy atom. The molecule has 25 heavy (non-hydrogen) atoms. The molecular formula is C19H28BrFN2O2. The van der Waals surface area contributed by atoms with Gasteiger partial charge in [0.2, 0.25) is 0 Å². The summed E-state index contributed by atoms with van der Waals surface area (Å²) in [6.07, 6.45) is 3.52. The van der Waals surface area contributed by atoms with Gasteiger partial charge in [-0.3, -0.25) is 4.90 Å². The Morgan fingerprint density at radius 3 is 2.52 bits per heavy atom. The van der Waals surface area contributed by atoms with Gasteiger partial charge in [0.05, 0.1) is 11.8 Å². The van der Waals surface area contributed by atoms with Crippen LogP contribution in [0.5, 0.6) is 0 Å². The third-order valence-corrected chi connectivity index (χ3v) is 5.37. The van der Waals surface area contributed by atoms with E-state index in [9.17, 15) is 14.3 Å². The first-order valence-electron chi connectivity index (χ1n) is 8.97. The minimum absolute atomic E-state index is 0.0935. The molecule has 0 radical (unpaired) electrons. The Bertz CT molecular complexity index is 589. The van der Waals surface area contributed by atoms with Crippen LogP contribution in [0.25, 0.3) is 0 Å². The summed E-state index contributed by atoms with van der Waals surface area (Å²) in [4.78, 5) is 16.3. The van der Waals surface area contributed by atoms with Crippen LogP contribution in [0, 0.1) is 11.7 Å². The number of carbonyl (C=O) groups excluding carboxylic acids is 1. The molecule has 0 unspecified atom stereocenters. The van der Waals surface area contributed by atoms with Gasteiger partial charge >= 0.3 is 6.03 Å². The summed E-state index contributed by atoms with van der Waals surface area (Å²) in [7, 11) is 1.78. The maximum Gasteiger partial charge on any atom is 0.324 e. The van der Waals surface area contributed by atoms with Gasteiger partial charge in [-0.25, -0.2) is 9.18 Å². The van der Waals surface area contributed by atoms with Crippen molar-refractivity contribution in [2.24, 2.45) is 5.92 Å². The molecule has 4 nitrogen and oxygen atoms in total. The largest absolute Gasteiger partial charge is 0.393 e. The summed E-state index contributed by atoms with van der Waals surface area (Å²) in [5.41, 5.74) is 0.316. The molecule has 0 bridgehead atoms. The van der Waals surface area contributed by atoms with Crippen LogP contribution < -0.4 is 4.90 Å². The van der Waals surface area contributed by atoms with Crippen LogP contribution in [0.1, 0.15) is 46.0 Å². The van der Waals surface area contributed by atoms with Crippen LogP contribution >= 0.6 is 15.9 Å². The van der Waals surface area contributed by atoms with Crippen LogP contribution in [0.15, 0.2) is 22.7 Å². The quantitative estimate of drug-likeness (QED) is 0.751. The number of rotatable bonds is 5.